The molecule has 2 aromatic rings. The summed E-state index contributed by atoms with van der Waals surface area (Å²) in [5, 5.41) is 0.621. The highest BCUT2D eigenvalue weighted by Gasteiger charge is 2.26. The van der Waals surface area contributed by atoms with Gasteiger partial charge in [-0.2, -0.15) is 0 Å². The molecule has 0 unspecified atom stereocenters. The Morgan fingerprint density at radius 1 is 1.37 bits per heavy atom. The normalized spacial score (nSPS) is 10.7. The molecule has 0 N–H and O–H groups in total. The van der Waals surface area contributed by atoms with Crippen LogP contribution in [0.5, 0.6) is 0 Å². The number of ketones is 1. The quantitative estimate of drug-likeness (QED) is 0.485. The molecule has 4 nitrogen and oxygen atoms in total. The summed E-state index contributed by atoms with van der Waals surface area (Å²) in [7, 11) is 1.56. The van der Waals surface area contributed by atoms with Crippen LogP contribution >= 0.6 is 0 Å². The maximum Gasteiger partial charge on any atom is 0.381 e. The molecule has 0 aliphatic rings. The van der Waals surface area contributed by atoms with Gasteiger partial charge >= 0.3 is 5.97 Å². The first-order valence-corrected chi connectivity index (χ1v) is 5.94. The van der Waals surface area contributed by atoms with Crippen LogP contribution in [-0.4, -0.2) is 22.9 Å². The molecule has 0 aliphatic carbocycles. The van der Waals surface area contributed by atoms with Crippen LogP contribution in [0, 0.1) is 12.7 Å². The number of Topliss-reactive ketones (excluding diaryl/α,β-unsaturated/α-hetero) is 1. The third-order valence-electron chi connectivity index (χ3n) is 3.09. The molecule has 5 heteroatoms. The second-order valence-corrected chi connectivity index (χ2v) is 4.22. The Labute approximate surface area is 109 Å². The Kier molecular flexibility index (Phi) is 3.38. The first kappa shape index (κ1) is 13.3. The van der Waals surface area contributed by atoms with Gasteiger partial charge in [0, 0.05) is 12.4 Å². The Bertz CT molecular complexity index is 673. The van der Waals surface area contributed by atoms with Gasteiger partial charge in [-0.05, 0) is 25.5 Å². The van der Waals surface area contributed by atoms with E-state index in [4.69, 9.17) is 4.74 Å². The van der Waals surface area contributed by atoms with Crippen LogP contribution in [0.2, 0.25) is 0 Å². The molecule has 0 spiro atoms. The van der Waals surface area contributed by atoms with Crippen molar-refractivity contribution in [3.63, 3.8) is 0 Å². The largest absolute Gasteiger partial charge is 0.460 e. The number of rotatable bonds is 3. The van der Waals surface area contributed by atoms with Gasteiger partial charge in [0.2, 0.25) is 0 Å². The predicted molar refractivity (Wildman–Crippen MR) is 68.6 cm³/mol. The highest BCUT2D eigenvalue weighted by molar-refractivity contribution is 6.41. The molecule has 0 radical (unpaired) electrons. The van der Waals surface area contributed by atoms with E-state index in [9.17, 15) is 14.0 Å². The number of hydrogen-bond acceptors (Lipinski definition) is 3. The zero-order chi connectivity index (χ0) is 14.2. The summed E-state index contributed by atoms with van der Waals surface area (Å²) >= 11 is 0. The molecule has 19 heavy (non-hydrogen) atoms. The van der Waals surface area contributed by atoms with Crippen LogP contribution in [0.4, 0.5) is 4.39 Å². The van der Waals surface area contributed by atoms with Crippen LogP contribution < -0.4 is 0 Å². The highest BCUT2D eigenvalue weighted by Crippen LogP contribution is 2.27. The molecular weight excluding hydrogens is 249 g/mol. The van der Waals surface area contributed by atoms with Crippen LogP contribution in [0.1, 0.15) is 23.0 Å². The van der Waals surface area contributed by atoms with Gasteiger partial charge in [0.05, 0.1) is 12.1 Å². The summed E-state index contributed by atoms with van der Waals surface area (Å²) < 4.78 is 19.9. The lowest BCUT2D eigenvalue weighted by atomic mass is 10.1. The lowest BCUT2D eigenvalue weighted by Gasteiger charge is -2.04. The third kappa shape index (κ3) is 2.01. The molecule has 0 atom stereocenters. The zero-order valence-electron chi connectivity index (χ0n) is 11.0. The van der Waals surface area contributed by atoms with Gasteiger partial charge in [-0.1, -0.05) is 12.1 Å². The number of para-hydroxylation sites is 1. The van der Waals surface area contributed by atoms with E-state index in [0.29, 0.717) is 16.5 Å². The predicted octanol–water partition coefficient (Wildman–Crippen LogP) is 2.37. The summed E-state index contributed by atoms with van der Waals surface area (Å²) in [5.41, 5.74) is 1.06. The minimum absolute atomic E-state index is 0.127. The number of carbonyl (C=O) groups is 2. The van der Waals surface area contributed by atoms with E-state index in [1.165, 1.54) is 10.6 Å². The Balaban J connectivity index is 2.65. The van der Waals surface area contributed by atoms with Crippen LogP contribution in [0.25, 0.3) is 10.9 Å². The molecular formula is C14H14FNO3. The van der Waals surface area contributed by atoms with Crippen LogP contribution in [0.3, 0.4) is 0 Å². The first-order valence-electron chi connectivity index (χ1n) is 5.94. The van der Waals surface area contributed by atoms with Gasteiger partial charge in [-0.25, -0.2) is 9.18 Å². The van der Waals surface area contributed by atoms with Gasteiger partial charge in [-0.3, -0.25) is 4.79 Å². The van der Waals surface area contributed by atoms with Gasteiger partial charge in [0.25, 0.3) is 5.78 Å². The summed E-state index contributed by atoms with van der Waals surface area (Å²) in [5.74, 6) is -2.10. The molecule has 0 saturated heterocycles. The Morgan fingerprint density at radius 3 is 2.63 bits per heavy atom. The summed E-state index contributed by atoms with van der Waals surface area (Å²) in [6.45, 7) is 3.44. The number of ether oxygens (including phenoxy) is 1. The maximum atomic E-state index is 13.8. The monoisotopic (exact) mass is 263 g/mol. The smallest absolute Gasteiger partial charge is 0.381 e. The van der Waals surface area contributed by atoms with Crippen molar-refractivity contribution in [1.82, 2.24) is 4.57 Å². The van der Waals surface area contributed by atoms with Gasteiger partial charge in [0.15, 0.2) is 0 Å². The summed E-state index contributed by atoms with van der Waals surface area (Å²) in [4.78, 5) is 23.6. The summed E-state index contributed by atoms with van der Waals surface area (Å²) in [6, 6.07) is 4.61. The molecule has 0 bridgehead atoms. The number of nitrogens with zero attached hydrogens (tertiary/aromatic N) is 1. The van der Waals surface area contributed by atoms with Crippen molar-refractivity contribution >= 4 is 22.7 Å². The molecule has 2 rings (SSSR count). The van der Waals surface area contributed by atoms with Crippen molar-refractivity contribution in [2.45, 2.75) is 13.8 Å². The molecule has 1 aromatic heterocycles. The molecule has 0 amide bonds. The second-order valence-electron chi connectivity index (χ2n) is 4.22. The SMILES string of the molecule is CCOC(=O)C(=O)c1c(C)c2cccc(F)c2n1C. The maximum absolute atomic E-state index is 13.8. The number of carbonyl (C=O) groups excluding carboxylic acids is 2. The van der Waals surface area contributed by atoms with E-state index in [2.05, 4.69) is 0 Å². The third-order valence-corrected chi connectivity index (χ3v) is 3.09. The fraction of sp³-hybridized carbons (Fsp3) is 0.286. The lowest BCUT2D eigenvalue weighted by molar-refractivity contribution is -0.137. The van der Waals surface area contributed by atoms with Crippen LogP contribution in [-0.2, 0) is 16.6 Å². The fourth-order valence-corrected chi connectivity index (χ4v) is 2.27. The Morgan fingerprint density at radius 2 is 2.05 bits per heavy atom. The number of aromatic nitrogens is 1. The van der Waals surface area contributed by atoms with E-state index >= 15 is 0 Å². The number of hydrogen-bond donors (Lipinski definition) is 0. The van der Waals surface area contributed by atoms with E-state index in [1.54, 1.807) is 33.0 Å². The molecule has 0 aliphatic heterocycles. The van der Waals surface area contributed by atoms with E-state index in [0.717, 1.165) is 0 Å². The topological polar surface area (TPSA) is 48.3 Å². The standard InChI is InChI=1S/C14H14FNO3/c1-4-19-14(18)13(17)11-8(2)9-6-5-7-10(15)12(9)16(11)3/h5-7H,4H2,1-3H3. The van der Waals surface area contributed by atoms with Gasteiger partial charge < -0.3 is 9.30 Å². The molecule has 0 fully saturated rings. The lowest BCUT2D eigenvalue weighted by Crippen LogP contribution is -2.21. The van der Waals surface area contributed by atoms with E-state index in [-0.39, 0.29) is 12.3 Å². The minimum Gasteiger partial charge on any atom is -0.460 e. The number of benzene rings is 1. The molecule has 1 heterocycles. The van der Waals surface area contributed by atoms with Crippen molar-refractivity contribution in [1.29, 1.82) is 0 Å². The summed E-state index contributed by atoms with van der Waals surface area (Å²) in [6.07, 6.45) is 0. The second kappa shape index (κ2) is 4.84. The number of esters is 1. The first-order chi connectivity index (χ1) is 8.99. The molecule has 0 saturated carbocycles. The average molecular weight is 263 g/mol. The van der Waals surface area contributed by atoms with Crippen molar-refractivity contribution < 1.29 is 18.7 Å². The van der Waals surface area contributed by atoms with Crippen molar-refractivity contribution in [3.8, 4) is 0 Å². The number of halogens is 1. The van der Waals surface area contributed by atoms with Crippen molar-refractivity contribution in [2.24, 2.45) is 7.05 Å². The average Bonchev–Trinajstić information content (AvgIpc) is 2.62. The minimum atomic E-state index is -0.920. The van der Waals surface area contributed by atoms with E-state index in [1.807, 2.05) is 0 Å². The highest BCUT2D eigenvalue weighted by atomic mass is 19.1. The number of aryl methyl sites for hydroxylation is 2. The zero-order valence-corrected chi connectivity index (χ0v) is 11.0. The van der Waals surface area contributed by atoms with Crippen molar-refractivity contribution in [3.05, 3.63) is 35.3 Å². The van der Waals surface area contributed by atoms with Crippen LogP contribution in [0.15, 0.2) is 18.2 Å². The molecule has 100 valence electrons. The fourth-order valence-electron chi connectivity index (χ4n) is 2.27. The van der Waals surface area contributed by atoms with Gasteiger partial charge in [0.1, 0.15) is 11.5 Å². The van der Waals surface area contributed by atoms with Crippen molar-refractivity contribution in [2.75, 3.05) is 6.61 Å². The Hall–Kier alpha value is -2.17. The number of fused-ring (bicyclic) bond motifs is 1. The van der Waals surface area contributed by atoms with E-state index < -0.39 is 17.6 Å². The molecule has 1 aromatic carbocycles. The van der Waals surface area contributed by atoms with Gasteiger partial charge in [-0.15, -0.1) is 0 Å².